The van der Waals surface area contributed by atoms with Crippen LogP contribution in [0, 0.1) is 5.92 Å². The van der Waals surface area contributed by atoms with Crippen LogP contribution in [0.2, 0.25) is 0 Å². The van der Waals surface area contributed by atoms with Crippen LogP contribution in [0.15, 0.2) is 53.4 Å². The quantitative estimate of drug-likeness (QED) is 0.415. The van der Waals surface area contributed by atoms with E-state index in [-0.39, 0.29) is 0 Å². The van der Waals surface area contributed by atoms with Gasteiger partial charge in [-0.1, -0.05) is 39.0 Å². The van der Waals surface area contributed by atoms with Crippen molar-refractivity contribution in [2.45, 2.75) is 52.4 Å². The molecule has 2 nitrogen and oxygen atoms in total. The molecule has 2 N–H and O–H groups in total. The van der Waals surface area contributed by atoms with Gasteiger partial charge in [0.2, 0.25) is 0 Å². The molecule has 1 saturated carbocycles. The third-order valence-electron chi connectivity index (χ3n) is 4.56. The maximum atomic E-state index is 5.98. The second kappa shape index (κ2) is 7.48. The normalized spacial score (nSPS) is 21.3. The summed E-state index contributed by atoms with van der Waals surface area (Å²) in [6.45, 7) is 12.4. The monoisotopic (exact) mass is 308 g/mol. The van der Waals surface area contributed by atoms with E-state index in [2.05, 4.69) is 63.2 Å². The van der Waals surface area contributed by atoms with Gasteiger partial charge < -0.3 is 5.73 Å². The number of benzene rings is 1. The predicted molar refractivity (Wildman–Crippen MR) is 101 cm³/mol. The van der Waals surface area contributed by atoms with Gasteiger partial charge in [-0.2, -0.15) is 0 Å². The van der Waals surface area contributed by atoms with E-state index < -0.39 is 0 Å². The van der Waals surface area contributed by atoms with Gasteiger partial charge in [-0.3, -0.25) is 4.99 Å². The molecule has 0 aliphatic heterocycles. The molecule has 0 amide bonds. The summed E-state index contributed by atoms with van der Waals surface area (Å²) in [4.78, 5) is 4.58. The average Bonchev–Trinajstić information content (AvgIpc) is 3.31. The van der Waals surface area contributed by atoms with Gasteiger partial charge in [0, 0.05) is 17.3 Å². The summed E-state index contributed by atoms with van der Waals surface area (Å²) in [5, 5.41) is 0. The topological polar surface area (TPSA) is 38.4 Å². The number of aliphatic imine (C=N–C) groups is 1. The van der Waals surface area contributed by atoms with Crippen LogP contribution in [0.4, 0.5) is 5.69 Å². The van der Waals surface area contributed by atoms with Crippen LogP contribution in [0.3, 0.4) is 0 Å². The number of nitrogen functional groups attached to an aromatic ring is 1. The smallest absolute Gasteiger partial charge is 0.0684 e. The summed E-state index contributed by atoms with van der Waals surface area (Å²) < 4.78 is 0. The van der Waals surface area contributed by atoms with Crippen LogP contribution in [0.25, 0.3) is 0 Å². The van der Waals surface area contributed by atoms with Gasteiger partial charge in [0.25, 0.3) is 0 Å². The summed E-state index contributed by atoms with van der Waals surface area (Å²) in [5.41, 5.74) is 14.9. The molecule has 0 aromatic heterocycles. The number of hydrogen-bond acceptors (Lipinski definition) is 2. The standard InChI is InChI=1S/C21H28N2/c1-6-10-23-21(11-15(5)7-2)20-13-19(20)17-9-8-16(22)12-18(17)14(3)4/h8-12,14,19-20H,1,7,13,22H2,2-5H3/b15-11+,23-21?/t19?,20-/m0/s1. The van der Waals surface area contributed by atoms with E-state index in [1.165, 1.54) is 16.7 Å². The maximum Gasteiger partial charge on any atom is 0.0684 e. The minimum atomic E-state index is 0.483. The molecule has 0 bridgehead atoms. The van der Waals surface area contributed by atoms with Crippen molar-refractivity contribution in [2.75, 3.05) is 5.73 Å². The second-order valence-corrected chi connectivity index (χ2v) is 6.72. The van der Waals surface area contributed by atoms with Gasteiger partial charge in [-0.05, 0) is 60.9 Å². The van der Waals surface area contributed by atoms with Crippen molar-refractivity contribution in [2.24, 2.45) is 10.9 Å². The lowest BCUT2D eigenvalue weighted by molar-refractivity contribution is 0.838. The molecule has 1 aromatic carbocycles. The van der Waals surface area contributed by atoms with Crippen molar-refractivity contribution in [1.29, 1.82) is 0 Å². The number of hydrogen-bond donors (Lipinski definition) is 1. The third kappa shape index (κ3) is 4.24. The van der Waals surface area contributed by atoms with Crippen molar-refractivity contribution in [3.8, 4) is 0 Å². The molecule has 0 spiro atoms. The summed E-state index contributed by atoms with van der Waals surface area (Å²) in [5.74, 6) is 1.52. The zero-order valence-electron chi connectivity index (χ0n) is 14.8. The average molecular weight is 308 g/mol. The number of nitrogens with two attached hydrogens (primary N) is 1. The molecular formula is C21H28N2. The van der Waals surface area contributed by atoms with Crippen molar-refractivity contribution in [1.82, 2.24) is 0 Å². The van der Waals surface area contributed by atoms with Gasteiger partial charge in [0.15, 0.2) is 0 Å². The van der Waals surface area contributed by atoms with Crippen LogP contribution < -0.4 is 5.73 Å². The molecule has 1 aliphatic carbocycles. The first kappa shape index (κ1) is 17.3. The van der Waals surface area contributed by atoms with Gasteiger partial charge in [0.05, 0.1) is 6.20 Å². The molecule has 0 radical (unpaired) electrons. The van der Waals surface area contributed by atoms with E-state index in [0.717, 1.165) is 24.2 Å². The highest BCUT2D eigenvalue weighted by molar-refractivity contribution is 6.00. The van der Waals surface area contributed by atoms with E-state index in [1.807, 2.05) is 6.07 Å². The van der Waals surface area contributed by atoms with Gasteiger partial charge in [-0.25, -0.2) is 0 Å². The molecule has 1 unspecified atom stereocenters. The lowest BCUT2D eigenvalue weighted by atomic mass is 9.92. The van der Waals surface area contributed by atoms with Gasteiger partial charge in [0.1, 0.15) is 0 Å². The Morgan fingerprint density at radius 2 is 2.22 bits per heavy atom. The Balaban J connectivity index is 2.31. The minimum absolute atomic E-state index is 0.483. The van der Waals surface area contributed by atoms with Crippen molar-refractivity contribution >= 4 is 11.4 Å². The van der Waals surface area contributed by atoms with Crippen molar-refractivity contribution in [3.05, 3.63) is 59.5 Å². The molecule has 0 heterocycles. The fourth-order valence-corrected chi connectivity index (χ4v) is 3.01. The SMILES string of the molecule is C=C=CN=C(/C=C(\C)CC)[C@H]1CC1c1ccc(N)cc1C(C)C. The summed E-state index contributed by atoms with van der Waals surface area (Å²) >= 11 is 0. The van der Waals surface area contributed by atoms with E-state index in [9.17, 15) is 0 Å². The Morgan fingerprint density at radius 3 is 2.83 bits per heavy atom. The first-order valence-corrected chi connectivity index (χ1v) is 8.46. The van der Waals surface area contributed by atoms with E-state index >= 15 is 0 Å². The lowest BCUT2D eigenvalue weighted by Crippen LogP contribution is -2.03. The molecule has 2 atom stereocenters. The largest absolute Gasteiger partial charge is 0.399 e. The van der Waals surface area contributed by atoms with E-state index in [1.54, 1.807) is 6.20 Å². The highest BCUT2D eigenvalue weighted by Gasteiger charge is 2.42. The molecule has 23 heavy (non-hydrogen) atoms. The Hall–Kier alpha value is -2.05. The zero-order chi connectivity index (χ0) is 17.0. The molecule has 122 valence electrons. The molecule has 1 aliphatic rings. The van der Waals surface area contributed by atoms with Gasteiger partial charge >= 0.3 is 0 Å². The number of rotatable bonds is 6. The molecule has 1 aromatic rings. The highest BCUT2D eigenvalue weighted by Crippen LogP contribution is 2.51. The summed E-state index contributed by atoms with van der Waals surface area (Å²) in [7, 11) is 0. The Labute approximate surface area is 140 Å². The first-order valence-electron chi connectivity index (χ1n) is 8.46. The fourth-order valence-electron chi connectivity index (χ4n) is 3.01. The molecule has 0 saturated heterocycles. The number of anilines is 1. The maximum absolute atomic E-state index is 5.98. The Bertz CT molecular complexity index is 673. The Morgan fingerprint density at radius 1 is 1.48 bits per heavy atom. The molecule has 2 heteroatoms. The summed E-state index contributed by atoms with van der Waals surface area (Å²) in [6.07, 6.45) is 6.11. The zero-order valence-corrected chi connectivity index (χ0v) is 14.8. The Kier molecular flexibility index (Phi) is 5.63. The van der Waals surface area contributed by atoms with Crippen LogP contribution in [0.5, 0.6) is 0 Å². The minimum Gasteiger partial charge on any atom is -0.399 e. The fraction of sp³-hybridized carbons (Fsp3) is 0.429. The predicted octanol–water partition coefficient (Wildman–Crippen LogP) is 5.59. The van der Waals surface area contributed by atoms with Crippen LogP contribution >= 0.6 is 0 Å². The lowest BCUT2D eigenvalue weighted by Gasteiger charge is -2.14. The van der Waals surface area contributed by atoms with Crippen LogP contribution in [0.1, 0.15) is 63.5 Å². The van der Waals surface area contributed by atoms with Crippen LogP contribution in [-0.2, 0) is 0 Å². The third-order valence-corrected chi connectivity index (χ3v) is 4.56. The number of nitrogens with zero attached hydrogens (tertiary/aromatic N) is 1. The van der Waals surface area contributed by atoms with Crippen molar-refractivity contribution < 1.29 is 0 Å². The van der Waals surface area contributed by atoms with Gasteiger partial charge in [-0.15, -0.1) is 5.73 Å². The van der Waals surface area contributed by atoms with Crippen LogP contribution in [-0.4, -0.2) is 5.71 Å². The molecule has 2 rings (SSSR count). The molecule has 1 fully saturated rings. The highest BCUT2D eigenvalue weighted by atomic mass is 14.7. The second-order valence-electron chi connectivity index (χ2n) is 6.72. The van der Waals surface area contributed by atoms with E-state index in [4.69, 9.17) is 5.73 Å². The first-order chi connectivity index (χ1) is 11.0. The number of allylic oxidation sites excluding steroid dienone is 2. The summed E-state index contributed by atoms with van der Waals surface area (Å²) in [6, 6.07) is 6.35. The molecular weight excluding hydrogens is 280 g/mol. The van der Waals surface area contributed by atoms with E-state index in [0.29, 0.717) is 17.8 Å². The van der Waals surface area contributed by atoms with Crippen molar-refractivity contribution in [3.63, 3.8) is 0 Å².